The predicted molar refractivity (Wildman–Crippen MR) is 142 cm³/mol. The number of ether oxygens (including phenoxy) is 1. The zero-order chi connectivity index (χ0) is 27.5. The number of carbonyl (C=O) groups is 1. The fourth-order valence-corrected chi connectivity index (χ4v) is 6.08. The minimum Gasteiger partial charge on any atom is -0.383 e. The number of nitrogens with two attached hydrogens (primary N) is 1. The molecule has 0 unspecified atom stereocenters. The molecule has 3 N–H and O–H groups in total. The highest BCUT2D eigenvalue weighted by Crippen LogP contribution is 2.25. The largest absolute Gasteiger partial charge is 0.383 e. The van der Waals surface area contributed by atoms with Gasteiger partial charge in [0.2, 0.25) is 10.0 Å². The summed E-state index contributed by atoms with van der Waals surface area (Å²) in [5, 5.41) is 0. The number of unbranched alkanes of at least 4 members (excludes halogenated alkanes) is 1. The monoisotopic (exact) mass is 535 g/mol. The maximum atomic E-state index is 13.8. The number of anilines is 2. The number of H-pyrrole nitrogens is 1. The third-order valence-electron chi connectivity index (χ3n) is 6.12. The molecule has 0 bridgehead atoms. The smallest absolute Gasteiger partial charge is 0.330 e. The molecule has 3 rings (SSSR count). The van der Waals surface area contributed by atoms with Crippen molar-refractivity contribution in [3.8, 4) is 0 Å². The molecule has 1 saturated heterocycles. The topological polar surface area (TPSA) is 148 Å². The first-order valence-electron chi connectivity index (χ1n) is 12.6. The number of amides is 1. The number of nitrogens with zero attached hydrogens (tertiary/aromatic N) is 3. The van der Waals surface area contributed by atoms with Crippen LogP contribution in [-0.4, -0.2) is 60.0 Å². The van der Waals surface area contributed by atoms with Crippen molar-refractivity contribution in [1.29, 1.82) is 0 Å². The predicted octanol–water partition coefficient (Wildman–Crippen LogP) is 2.02. The van der Waals surface area contributed by atoms with Crippen LogP contribution in [0.2, 0.25) is 0 Å². The van der Waals surface area contributed by atoms with Crippen molar-refractivity contribution in [3.63, 3.8) is 0 Å². The van der Waals surface area contributed by atoms with Gasteiger partial charge in [0, 0.05) is 31.7 Å². The quantitative estimate of drug-likeness (QED) is 0.499. The summed E-state index contributed by atoms with van der Waals surface area (Å²) in [5.74, 6) is -0.745. The van der Waals surface area contributed by atoms with Crippen LogP contribution >= 0.6 is 0 Å². The van der Waals surface area contributed by atoms with E-state index in [1.807, 2.05) is 34.6 Å². The van der Waals surface area contributed by atoms with Gasteiger partial charge in [0.15, 0.2) is 5.69 Å². The summed E-state index contributed by atoms with van der Waals surface area (Å²) in [6.45, 7) is 10.2. The zero-order valence-electron chi connectivity index (χ0n) is 22.1. The van der Waals surface area contributed by atoms with E-state index in [0.717, 1.165) is 6.42 Å². The Bertz CT molecular complexity index is 1340. The second-order valence-electron chi connectivity index (χ2n) is 9.92. The van der Waals surface area contributed by atoms with Gasteiger partial charge in [0.05, 0.1) is 17.1 Å². The number of aromatic nitrogens is 2. The van der Waals surface area contributed by atoms with Crippen LogP contribution in [0.5, 0.6) is 0 Å². The molecule has 0 aliphatic carbocycles. The molecule has 1 aromatic carbocycles. The molecule has 2 aromatic rings. The van der Waals surface area contributed by atoms with Crippen LogP contribution in [0.4, 0.5) is 11.5 Å². The molecule has 0 spiro atoms. The van der Waals surface area contributed by atoms with Crippen LogP contribution in [0.3, 0.4) is 0 Å². The van der Waals surface area contributed by atoms with Crippen molar-refractivity contribution in [2.45, 2.75) is 71.1 Å². The number of morpholine rings is 1. The summed E-state index contributed by atoms with van der Waals surface area (Å²) in [6.07, 6.45) is 0.939. The van der Waals surface area contributed by atoms with Gasteiger partial charge in [-0.1, -0.05) is 33.3 Å². The molecule has 2 heterocycles. The third kappa shape index (κ3) is 6.31. The minimum atomic E-state index is -3.89. The van der Waals surface area contributed by atoms with E-state index in [0.29, 0.717) is 13.0 Å². The number of sulfonamides is 1. The molecule has 12 heteroatoms. The van der Waals surface area contributed by atoms with Crippen LogP contribution < -0.4 is 21.9 Å². The van der Waals surface area contributed by atoms with Crippen molar-refractivity contribution in [2.75, 3.05) is 30.3 Å². The number of carbonyl (C=O) groups excluding carboxylic acids is 1. The van der Waals surface area contributed by atoms with Crippen molar-refractivity contribution < 1.29 is 17.9 Å². The fourth-order valence-electron chi connectivity index (χ4n) is 4.44. The molecule has 204 valence electrons. The highest BCUT2D eigenvalue weighted by Gasteiger charge is 2.33. The Hall–Kier alpha value is -2.96. The van der Waals surface area contributed by atoms with Crippen LogP contribution in [0, 0.1) is 5.92 Å². The Morgan fingerprint density at radius 3 is 2.46 bits per heavy atom. The Labute approximate surface area is 217 Å². The molecule has 1 aliphatic rings. The van der Waals surface area contributed by atoms with Gasteiger partial charge in [-0.3, -0.25) is 19.1 Å². The molecule has 1 amide bonds. The fraction of sp³-hybridized carbons (Fsp3) is 0.560. The normalized spacial score (nSPS) is 18.8. The highest BCUT2D eigenvalue weighted by atomic mass is 32.2. The van der Waals surface area contributed by atoms with Crippen molar-refractivity contribution in [1.82, 2.24) is 13.9 Å². The van der Waals surface area contributed by atoms with Gasteiger partial charge >= 0.3 is 5.69 Å². The number of rotatable bonds is 9. The average Bonchev–Trinajstić information content (AvgIpc) is 2.82. The number of benzene rings is 1. The average molecular weight is 536 g/mol. The van der Waals surface area contributed by atoms with E-state index in [-0.39, 0.29) is 59.7 Å². The molecule has 0 saturated carbocycles. The second-order valence-corrected chi connectivity index (χ2v) is 11.9. The van der Waals surface area contributed by atoms with E-state index in [1.165, 1.54) is 38.0 Å². The van der Waals surface area contributed by atoms with Gasteiger partial charge < -0.3 is 15.4 Å². The zero-order valence-corrected chi connectivity index (χ0v) is 22.9. The maximum absolute atomic E-state index is 13.8. The Balaban J connectivity index is 2.06. The lowest BCUT2D eigenvalue weighted by Crippen LogP contribution is -2.48. The number of hydrogen-bond donors (Lipinski definition) is 2. The van der Waals surface area contributed by atoms with E-state index in [2.05, 4.69) is 4.98 Å². The summed E-state index contributed by atoms with van der Waals surface area (Å²) in [7, 11) is -3.89. The Morgan fingerprint density at radius 1 is 1.22 bits per heavy atom. The molecule has 1 aliphatic heterocycles. The third-order valence-corrected chi connectivity index (χ3v) is 7.94. The first-order chi connectivity index (χ1) is 17.4. The molecular formula is C25H37N5O6S. The van der Waals surface area contributed by atoms with E-state index in [1.54, 1.807) is 0 Å². The van der Waals surface area contributed by atoms with E-state index in [4.69, 9.17) is 10.5 Å². The molecule has 37 heavy (non-hydrogen) atoms. The van der Waals surface area contributed by atoms with Crippen LogP contribution in [0.1, 0.15) is 57.8 Å². The summed E-state index contributed by atoms with van der Waals surface area (Å²) in [5.41, 5.74) is 4.82. The van der Waals surface area contributed by atoms with E-state index < -0.39 is 27.2 Å². The summed E-state index contributed by atoms with van der Waals surface area (Å²) < 4.78 is 35.1. The summed E-state index contributed by atoms with van der Waals surface area (Å²) in [4.78, 5) is 42.5. The summed E-state index contributed by atoms with van der Waals surface area (Å²) in [6, 6.07) is 5.75. The van der Waals surface area contributed by atoms with E-state index in [9.17, 15) is 22.8 Å². The number of nitrogens with one attached hydrogen (secondary N) is 1. The highest BCUT2D eigenvalue weighted by molar-refractivity contribution is 7.89. The molecule has 1 fully saturated rings. The van der Waals surface area contributed by atoms with Gasteiger partial charge in [-0.15, -0.1) is 0 Å². The number of aromatic amines is 1. The molecule has 2 atom stereocenters. The van der Waals surface area contributed by atoms with Gasteiger partial charge in [0.25, 0.3) is 11.5 Å². The lowest BCUT2D eigenvalue weighted by atomic mass is 10.1. The van der Waals surface area contributed by atoms with Crippen molar-refractivity contribution >= 4 is 27.4 Å². The first-order valence-corrected chi connectivity index (χ1v) is 14.0. The van der Waals surface area contributed by atoms with Gasteiger partial charge in [0.1, 0.15) is 5.82 Å². The minimum absolute atomic E-state index is 0.0288. The lowest BCUT2D eigenvalue weighted by molar-refractivity contribution is -0.0440. The van der Waals surface area contributed by atoms with Crippen LogP contribution in [0.25, 0.3) is 0 Å². The standard InChI is InChI=1S/C25H37N5O6S/c1-6-7-11-29-22(26)21(23(31)27-25(29)33)30(13-16(2)3)24(32)19-9-8-10-20(12-19)37(34,35)28-14-17(4)36-18(5)15-28/h8-10,12,16-18H,6-7,11,13-15,26H2,1-5H3,(H,27,31,33)/t17-,18-/m1/s1. The van der Waals surface area contributed by atoms with Gasteiger partial charge in [-0.25, -0.2) is 13.2 Å². The van der Waals surface area contributed by atoms with Crippen LogP contribution in [-0.2, 0) is 21.3 Å². The SMILES string of the molecule is CCCCn1c(N)c(N(CC(C)C)C(=O)c2cccc(S(=O)(=O)N3C[C@@H](C)O[C@H](C)C3)c2)c(=O)[nH]c1=O. The summed E-state index contributed by atoms with van der Waals surface area (Å²) >= 11 is 0. The lowest BCUT2D eigenvalue weighted by Gasteiger charge is -2.34. The number of hydrogen-bond acceptors (Lipinski definition) is 7. The Kier molecular flexibility index (Phi) is 8.98. The van der Waals surface area contributed by atoms with Gasteiger partial charge in [-0.05, 0) is 44.4 Å². The molecular weight excluding hydrogens is 498 g/mol. The molecule has 0 radical (unpaired) electrons. The van der Waals surface area contributed by atoms with Crippen molar-refractivity contribution in [2.24, 2.45) is 5.92 Å². The molecule has 11 nitrogen and oxygen atoms in total. The van der Waals surface area contributed by atoms with E-state index >= 15 is 0 Å². The first kappa shape index (κ1) is 28.6. The van der Waals surface area contributed by atoms with Gasteiger partial charge in [-0.2, -0.15) is 4.31 Å². The molecule has 1 aromatic heterocycles. The van der Waals surface area contributed by atoms with Crippen molar-refractivity contribution in [3.05, 3.63) is 50.7 Å². The number of nitrogen functional groups attached to an aromatic ring is 1. The van der Waals surface area contributed by atoms with Crippen LogP contribution in [0.15, 0.2) is 38.8 Å². The Morgan fingerprint density at radius 2 is 1.86 bits per heavy atom. The second kappa shape index (κ2) is 11.6. The maximum Gasteiger partial charge on any atom is 0.330 e.